The maximum absolute atomic E-state index is 11.9. The van der Waals surface area contributed by atoms with Crippen LogP contribution in [0.5, 0.6) is 0 Å². The second-order valence-electron chi connectivity index (χ2n) is 5.61. The summed E-state index contributed by atoms with van der Waals surface area (Å²) in [6.45, 7) is 9.34. The van der Waals surface area contributed by atoms with Gasteiger partial charge in [-0.1, -0.05) is 6.92 Å². The number of amides is 1. The van der Waals surface area contributed by atoms with Crippen LogP contribution in [0, 0.1) is 5.41 Å². The summed E-state index contributed by atoms with van der Waals surface area (Å²) in [5, 5.41) is 6.44. The monoisotopic (exact) mass is 239 g/mol. The topological polar surface area (TPSA) is 44.4 Å². The second-order valence-corrected chi connectivity index (χ2v) is 5.61. The molecule has 2 aliphatic heterocycles. The first kappa shape index (κ1) is 12.8. The molecule has 0 saturated carbocycles. The highest BCUT2D eigenvalue weighted by molar-refractivity contribution is 5.81. The third-order valence-corrected chi connectivity index (χ3v) is 4.28. The molecule has 2 heterocycles. The molecule has 0 aromatic carbocycles. The number of likely N-dealkylation sites (tertiary alicyclic amines) is 1. The number of nitrogens with one attached hydrogen (secondary N) is 2. The molecule has 0 aromatic rings. The van der Waals surface area contributed by atoms with Crippen LogP contribution >= 0.6 is 0 Å². The van der Waals surface area contributed by atoms with Gasteiger partial charge in [0.1, 0.15) is 0 Å². The molecule has 2 N–H and O–H groups in total. The van der Waals surface area contributed by atoms with Crippen LogP contribution in [0.1, 0.15) is 33.1 Å². The van der Waals surface area contributed by atoms with Gasteiger partial charge in [-0.05, 0) is 44.7 Å². The van der Waals surface area contributed by atoms with Gasteiger partial charge in [0.05, 0.1) is 6.04 Å². The minimum absolute atomic E-state index is 0.0292. The van der Waals surface area contributed by atoms with Crippen molar-refractivity contribution in [3.05, 3.63) is 0 Å². The van der Waals surface area contributed by atoms with Crippen molar-refractivity contribution in [2.45, 2.75) is 39.2 Å². The summed E-state index contributed by atoms with van der Waals surface area (Å²) >= 11 is 0. The fourth-order valence-electron chi connectivity index (χ4n) is 3.01. The molecule has 2 saturated heterocycles. The molecule has 2 rings (SSSR count). The summed E-state index contributed by atoms with van der Waals surface area (Å²) in [4.78, 5) is 14.3. The molecule has 1 amide bonds. The maximum Gasteiger partial charge on any atom is 0.237 e. The lowest BCUT2D eigenvalue weighted by atomic mass is 9.86. The van der Waals surface area contributed by atoms with E-state index in [9.17, 15) is 4.79 Å². The normalized spacial score (nSPS) is 30.9. The zero-order valence-electron chi connectivity index (χ0n) is 11.1. The van der Waals surface area contributed by atoms with Crippen molar-refractivity contribution in [1.82, 2.24) is 15.5 Å². The predicted molar refractivity (Wildman–Crippen MR) is 68.9 cm³/mol. The smallest absolute Gasteiger partial charge is 0.237 e. The van der Waals surface area contributed by atoms with E-state index in [1.165, 1.54) is 12.8 Å². The van der Waals surface area contributed by atoms with E-state index in [0.717, 1.165) is 39.1 Å². The lowest BCUT2D eigenvalue weighted by molar-refractivity contribution is -0.125. The van der Waals surface area contributed by atoms with Crippen molar-refractivity contribution in [3.8, 4) is 0 Å². The fraction of sp³-hybridized carbons (Fsp3) is 0.923. The number of carbonyl (C=O) groups excluding carboxylic acids is 1. The largest absolute Gasteiger partial charge is 0.355 e. The van der Waals surface area contributed by atoms with Gasteiger partial charge in [0.15, 0.2) is 0 Å². The van der Waals surface area contributed by atoms with Crippen LogP contribution in [0.3, 0.4) is 0 Å². The van der Waals surface area contributed by atoms with Crippen LogP contribution in [0.25, 0.3) is 0 Å². The van der Waals surface area contributed by atoms with E-state index in [1.807, 2.05) is 6.92 Å². The molecule has 2 atom stereocenters. The zero-order valence-corrected chi connectivity index (χ0v) is 11.1. The van der Waals surface area contributed by atoms with Crippen LogP contribution in [0.4, 0.5) is 0 Å². The van der Waals surface area contributed by atoms with Crippen LogP contribution in [-0.4, -0.2) is 49.6 Å². The van der Waals surface area contributed by atoms with Crippen LogP contribution in [0.15, 0.2) is 0 Å². The van der Waals surface area contributed by atoms with Crippen molar-refractivity contribution in [1.29, 1.82) is 0 Å². The standard InChI is InChI=1S/C13H25N3O/c1-3-6-15-12(17)11(2)16-8-5-13(10-16)4-7-14-9-13/h11,14H,3-10H2,1-2H3,(H,15,17). The third-order valence-electron chi connectivity index (χ3n) is 4.28. The highest BCUT2D eigenvalue weighted by atomic mass is 16.2. The van der Waals surface area contributed by atoms with Crippen LogP contribution in [0.2, 0.25) is 0 Å². The Morgan fingerprint density at radius 1 is 1.53 bits per heavy atom. The molecule has 4 heteroatoms. The zero-order chi connectivity index (χ0) is 12.3. The Morgan fingerprint density at radius 3 is 3.00 bits per heavy atom. The lowest BCUT2D eigenvalue weighted by Gasteiger charge is -2.26. The summed E-state index contributed by atoms with van der Waals surface area (Å²) in [5.41, 5.74) is 0.458. The summed E-state index contributed by atoms with van der Waals surface area (Å²) in [7, 11) is 0. The van der Waals surface area contributed by atoms with Crippen molar-refractivity contribution < 1.29 is 4.79 Å². The molecule has 1 spiro atoms. The minimum Gasteiger partial charge on any atom is -0.355 e. The van der Waals surface area contributed by atoms with E-state index >= 15 is 0 Å². The average molecular weight is 239 g/mol. The van der Waals surface area contributed by atoms with Crippen molar-refractivity contribution in [2.75, 3.05) is 32.7 Å². The molecule has 98 valence electrons. The molecule has 2 aliphatic rings. The summed E-state index contributed by atoms with van der Waals surface area (Å²) in [6.07, 6.45) is 3.52. The van der Waals surface area contributed by atoms with Gasteiger partial charge in [-0.2, -0.15) is 0 Å². The highest BCUT2D eigenvalue weighted by Gasteiger charge is 2.42. The Morgan fingerprint density at radius 2 is 2.35 bits per heavy atom. The van der Waals surface area contributed by atoms with Gasteiger partial charge in [0, 0.05) is 19.6 Å². The summed E-state index contributed by atoms with van der Waals surface area (Å²) < 4.78 is 0. The first-order valence-electron chi connectivity index (χ1n) is 6.89. The van der Waals surface area contributed by atoms with Gasteiger partial charge in [-0.25, -0.2) is 0 Å². The Labute approximate surface area is 104 Å². The quantitative estimate of drug-likeness (QED) is 0.754. The van der Waals surface area contributed by atoms with E-state index in [4.69, 9.17) is 0 Å². The number of hydrogen-bond acceptors (Lipinski definition) is 3. The van der Waals surface area contributed by atoms with E-state index in [-0.39, 0.29) is 11.9 Å². The Balaban J connectivity index is 1.84. The van der Waals surface area contributed by atoms with Crippen LogP contribution < -0.4 is 10.6 Å². The number of hydrogen-bond donors (Lipinski definition) is 2. The number of nitrogens with zero attached hydrogens (tertiary/aromatic N) is 1. The first-order valence-corrected chi connectivity index (χ1v) is 6.89. The maximum atomic E-state index is 11.9. The highest BCUT2D eigenvalue weighted by Crippen LogP contribution is 2.36. The predicted octanol–water partition coefficient (Wildman–Crippen LogP) is 0.587. The fourth-order valence-corrected chi connectivity index (χ4v) is 3.01. The van der Waals surface area contributed by atoms with Gasteiger partial charge >= 0.3 is 0 Å². The van der Waals surface area contributed by atoms with E-state index in [1.54, 1.807) is 0 Å². The molecule has 0 bridgehead atoms. The number of rotatable bonds is 4. The summed E-state index contributed by atoms with van der Waals surface area (Å²) in [5.74, 6) is 0.190. The molecule has 2 fully saturated rings. The van der Waals surface area contributed by atoms with Gasteiger partial charge in [0.25, 0.3) is 0 Å². The Bertz CT molecular complexity index is 274. The molecule has 0 radical (unpaired) electrons. The van der Waals surface area contributed by atoms with Gasteiger partial charge in [-0.15, -0.1) is 0 Å². The lowest BCUT2D eigenvalue weighted by Crippen LogP contribution is -2.45. The minimum atomic E-state index is 0.0292. The number of carbonyl (C=O) groups is 1. The van der Waals surface area contributed by atoms with Crippen molar-refractivity contribution >= 4 is 5.91 Å². The van der Waals surface area contributed by atoms with E-state index in [2.05, 4.69) is 22.5 Å². The first-order chi connectivity index (χ1) is 8.17. The van der Waals surface area contributed by atoms with Gasteiger partial charge < -0.3 is 10.6 Å². The van der Waals surface area contributed by atoms with E-state index in [0.29, 0.717) is 5.41 Å². The molecular formula is C13H25N3O. The molecule has 0 aliphatic carbocycles. The average Bonchev–Trinajstić information content (AvgIpc) is 2.96. The third kappa shape index (κ3) is 2.80. The second kappa shape index (κ2) is 5.36. The molecular weight excluding hydrogens is 214 g/mol. The molecule has 17 heavy (non-hydrogen) atoms. The SMILES string of the molecule is CCCNC(=O)C(C)N1CCC2(CCNC2)C1. The van der Waals surface area contributed by atoms with Crippen molar-refractivity contribution in [2.24, 2.45) is 5.41 Å². The molecule has 4 nitrogen and oxygen atoms in total. The van der Waals surface area contributed by atoms with Gasteiger partial charge in [0.2, 0.25) is 5.91 Å². The summed E-state index contributed by atoms with van der Waals surface area (Å²) in [6, 6.07) is 0.0292. The van der Waals surface area contributed by atoms with Crippen molar-refractivity contribution in [3.63, 3.8) is 0 Å². The van der Waals surface area contributed by atoms with E-state index < -0.39 is 0 Å². The molecule has 2 unspecified atom stereocenters. The van der Waals surface area contributed by atoms with Gasteiger partial charge in [-0.3, -0.25) is 9.69 Å². The Kier molecular flexibility index (Phi) is 4.05. The van der Waals surface area contributed by atoms with Crippen LogP contribution in [-0.2, 0) is 4.79 Å². The molecule has 0 aromatic heterocycles. The Hall–Kier alpha value is -0.610.